The molecule has 1 heterocycles. The average Bonchev–Trinajstić information content (AvgIpc) is 3.29. The molecule has 8 nitrogen and oxygen atoms in total. The van der Waals surface area contributed by atoms with Crippen molar-refractivity contribution in [3.8, 4) is 11.4 Å². The quantitative estimate of drug-likeness (QED) is 0.182. The summed E-state index contributed by atoms with van der Waals surface area (Å²) >= 11 is 17.9. The molecule has 0 saturated heterocycles. The third kappa shape index (κ3) is 6.18. The Balaban J connectivity index is 1.83. The Morgan fingerprint density at radius 2 is 1.76 bits per heavy atom. The first kappa shape index (κ1) is 27.2. The van der Waals surface area contributed by atoms with E-state index in [0.717, 1.165) is 9.69 Å². The summed E-state index contributed by atoms with van der Waals surface area (Å²) in [6.45, 7) is 4.53. The molecule has 0 spiro atoms. The van der Waals surface area contributed by atoms with Crippen LogP contribution in [-0.4, -0.2) is 36.7 Å². The minimum absolute atomic E-state index is 0.0763. The number of hydrogen-bond donors (Lipinski definition) is 0. The molecule has 3 aromatic carbocycles. The fourth-order valence-corrected chi connectivity index (χ4v) is 5.89. The van der Waals surface area contributed by atoms with Gasteiger partial charge in [0, 0.05) is 15.6 Å². The Morgan fingerprint density at radius 1 is 1.05 bits per heavy atom. The third-order valence-corrected chi connectivity index (χ3v) is 7.51. The van der Waals surface area contributed by atoms with Crippen LogP contribution in [0.2, 0.25) is 10.0 Å². The first-order chi connectivity index (χ1) is 17.4. The molecule has 4 rings (SSSR count). The molecule has 0 aliphatic rings. The van der Waals surface area contributed by atoms with Crippen LogP contribution in [0.1, 0.15) is 26.7 Å². The van der Waals surface area contributed by atoms with E-state index < -0.39 is 28.1 Å². The molecule has 0 atom stereocenters. The highest BCUT2D eigenvalue weighted by atomic mass is 35.5. The number of carbonyl (C=O) groups is 1. The zero-order chi connectivity index (χ0) is 27.0. The summed E-state index contributed by atoms with van der Waals surface area (Å²) in [6, 6.07) is 14.3. The van der Waals surface area contributed by atoms with Crippen molar-refractivity contribution in [3.63, 3.8) is 0 Å². The molecule has 0 amide bonds. The number of sulfonamides is 1. The number of fused-ring (bicyclic) bond motifs is 1. The molecule has 194 valence electrons. The predicted octanol–water partition coefficient (Wildman–Crippen LogP) is 6.47. The van der Waals surface area contributed by atoms with Gasteiger partial charge in [-0.1, -0.05) is 52.6 Å². The van der Waals surface area contributed by atoms with Crippen LogP contribution in [0.15, 0.2) is 64.0 Å². The van der Waals surface area contributed by atoms with E-state index in [1.165, 1.54) is 18.2 Å². The molecule has 0 radical (unpaired) electrons. The zero-order valence-electron chi connectivity index (χ0n) is 20.0. The largest absolute Gasteiger partial charge is 0.459 e. The van der Waals surface area contributed by atoms with E-state index in [4.69, 9.17) is 44.1 Å². The van der Waals surface area contributed by atoms with Gasteiger partial charge in [-0.2, -0.15) is 4.98 Å². The van der Waals surface area contributed by atoms with Crippen molar-refractivity contribution in [1.29, 1.82) is 0 Å². The second-order valence-electron chi connectivity index (χ2n) is 9.06. The molecular weight excluding hydrogens is 561 g/mol. The summed E-state index contributed by atoms with van der Waals surface area (Å²) in [7, 11) is -4.27. The zero-order valence-corrected chi connectivity index (χ0v) is 23.1. The Bertz CT molecular complexity index is 1560. The molecule has 0 saturated carbocycles. The van der Waals surface area contributed by atoms with Crippen molar-refractivity contribution in [2.45, 2.75) is 37.1 Å². The smallest absolute Gasteiger partial charge is 0.327 e. The van der Waals surface area contributed by atoms with Gasteiger partial charge >= 0.3 is 5.97 Å². The first-order valence-corrected chi connectivity index (χ1v) is 13.7. The summed E-state index contributed by atoms with van der Waals surface area (Å²) in [6.07, 6.45) is 0. The average molecular weight is 583 g/mol. The van der Waals surface area contributed by atoms with Gasteiger partial charge in [0.2, 0.25) is 11.7 Å². The number of benzene rings is 3. The predicted molar refractivity (Wildman–Crippen MR) is 144 cm³/mol. The normalized spacial score (nSPS) is 12.1. The summed E-state index contributed by atoms with van der Waals surface area (Å²) in [5, 5.41) is 5.68. The Morgan fingerprint density at radius 3 is 2.38 bits per heavy atom. The summed E-state index contributed by atoms with van der Waals surface area (Å²) in [5.41, 5.74) is 0.102. The molecule has 0 aliphatic heterocycles. The second-order valence-corrected chi connectivity index (χ2v) is 12.1. The minimum Gasteiger partial charge on any atom is -0.459 e. The van der Waals surface area contributed by atoms with Crippen LogP contribution in [-0.2, 0) is 25.4 Å². The van der Waals surface area contributed by atoms with Crippen molar-refractivity contribution < 1.29 is 22.5 Å². The Kier molecular flexibility index (Phi) is 7.71. The van der Waals surface area contributed by atoms with Gasteiger partial charge in [-0.05, 0) is 61.9 Å². The molecule has 1 aromatic heterocycles. The number of halogens is 3. The van der Waals surface area contributed by atoms with Crippen LogP contribution in [0, 0.1) is 0 Å². The van der Waals surface area contributed by atoms with Gasteiger partial charge in [0.25, 0.3) is 10.0 Å². The SMILES string of the molecule is CC(C)(C)OC(=O)CN(c1ccc2c(-c3noc(CCl)n3)cccc2c1)S(=O)(=O)c1cc(Cl)cc(Cl)c1. The summed E-state index contributed by atoms with van der Waals surface area (Å²) < 4.78 is 39.0. The number of hydrogen-bond acceptors (Lipinski definition) is 7. The molecule has 0 unspecified atom stereocenters. The highest BCUT2D eigenvalue weighted by Gasteiger charge is 2.30. The van der Waals surface area contributed by atoms with E-state index in [1.54, 1.807) is 51.1 Å². The van der Waals surface area contributed by atoms with E-state index in [9.17, 15) is 13.2 Å². The van der Waals surface area contributed by atoms with Gasteiger partial charge in [0.1, 0.15) is 18.0 Å². The Hall–Kier alpha value is -2.85. The lowest BCUT2D eigenvalue weighted by Gasteiger charge is -2.27. The fraction of sp³-hybridized carbons (Fsp3) is 0.240. The number of anilines is 1. The molecule has 0 bridgehead atoms. The van der Waals surface area contributed by atoms with Crippen molar-refractivity contribution in [2.24, 2.45) is 0 Å². The van der Waals surface area contributed by atoms with E-state index >= 15 is 0 Å². The monoisotopic (exact) mass is 581 g/mol. The maximum Gasteiger partial charge on any atom is 0.327 e. The molecule has 37 heavy (non-hydrogen) atoms. The van der Waals surface area contributed by atoms with Crippen molar-refractivity contribution in [1.82, 2.24) is 10.1 Å². The lowest BCUT2D eigenvalue weighted by molar-refractivity contribution is -0.152. The fourth-order valence-electron chi connectivity index (χ4n) is 3.65. The van der Waals surface area contributed by atoms with Gasteiger partial charge in [0.05, 0.1) is 10.6 Å². The number of aromatic nitrogens is 2. The number of alkyl halides is 1. The van der Waals surface area contributed by atoms with Gasteiger partial charge in [-0.3, -0.25) is 9.10 Å². The van der Waals surface area contributed by atoms with Crippen LogP contribution < -0.4 is 4.31 Å². The third-order valence-electron chi connectivity index (χ3n) is 5.09. The maximum absolute atomic E-state index is 13.8. The summed E-state index contributed by atoms with van der Waals surface area (Å²) in [5.74, 6) is -0.0215. The number of carbonyl (C=O) groups excluding carboxylic acids is 1. The van der Waals surface area contributed by atoms with Crippen LogP contribution in [0.25, 0.3) is 22.2 Å². The molecule has 4 aromatic rings. The standard InChI is InChI=1S/C25H22Cl3N3O5S/c1-25(2,3)35-23(32)14-31(37(33,34)19-11-16(27)10-17(28)12-19)18-7-8-20-15(9-18)5-4-6-21(20)24-29-22(13-26)36-30-24/h4-12H,13-14H2,1-3H3. The maximum atomic E-state index is 13.8. The highest BCUT2D eigenvalue weighted by Crippen LogP contribution is 2.33. The van der Waals surface area contributed by atoms with Gasteiger partial charge in [-0.15, -0.1) is 11.6 Å². The van der Waals surface area contributed by atoms with Crippen LogP contribution in [0.5, 0.6) is 0 Å². The first-order valence-electron chi connectivity index (χ1n) is 11.0. The highest BCUT2D eigenvalue weighted by molar-refractivity contribution is 7.92. The van der Waals surface area contributed by atoms with Crippen LogP contribution >= 0.6 is 34.8 Å². The van der Waals surface area contributed by atoms with Crippen LogP contribution in [0.4, 0.5) is 5.69 Å². The number of nitrogens with zero attached hydrogens (tertiary/aromatic N) is 3. The second kappa shape index (κ2) is 10.5. The van der Waals surface area contributed by atoms with Crippen molar-refractivity contribution in [3.05, 3.63) is 70.5 Å². The number of ether oxygens (including phenoxy) is 1. The van der Waals surface area contributed by atoms with Crippen LogP contribution in [0.3, 0.4) is 0 Å². The lowest BCUT2D eigenvalue weighted by Crippen LogP contribution is -2.39. The van der Waals surface area contributed by atoms with Crippen molar-refractivity contribution in [2.75, 3.05) is 10.8 Å². The molecule has 12 heteroatoms. The van der Waals surface area contributed by atoms with Gasteiger partial charge in [-0.25, -0.2) is 8.42 Å². The van der Waals surface area contributed by atoms with Crippen molar-refractivity contribution >= 4 is 67.3 Å². The molecule has 0 aliphatic carbocycles. The topological polar surface area (TPSA) is 103 Å². The van der Waals surface area contributed by atoms with Gasteiger partial charge in [0.15, 0.2) is 0 Å². The van der Waals surface area contributed by atoms with E-state index in [-0.39, 0.29) is 32.4 Å². The van der Waals surface area contributed by atoms with Gasteiger partial charge < -0.3 is 9.26 Å². The molecule has 0 N–H and O–H groups in total. The van der Waals surface area contributed by atoms with E-state index in [1.807, 2.05) is 6.07 Å². The lowest BCUT2D eigenvalue weighted by atomic mass is 10.0. The Labute approximate surface area is 229 Å². The van der Waals surface area contributed by atoms with E-state index in [0.29, 0.717) is 16.8 Å². The van der Waals surface area contributed by atoms with E-state index in [2.05, 4.69) is 10.1 Å². The minimum atomic E-state index is -4.27. The summed E-state index contributed by atoms with van der Waals surface area (Å²) in [4.78, 5) is 16.9. The molecular formula is C25H22Cl3N3O5S. The molecule has 0 fully saturated rings. The number of esters is 1. The number of rotatable bonds is 7.